The fourth-order valence-electron chi connectivity index (χ4n) is 4.41. The molecule has 0 bridgehead atoms. The summed E-state index contributed by atoms with van der Waals surface area (Å²) in [5.41, 5.74) is 2.45. The second-order valence-electron chi connectivity index (χ2n) is 8.62. The number of benzene rings is 2. The predicted octanol–water partition coefficient (Wildman–Crippen LogP) is 4.20. The van der Waals surface area contributed by atoms with Gasteiger partial charge < -0.3 is 10.1 Å². The first kappa shape index (κ1) is 26.3. The molecule has 2 aromatic carbocycles. The Labute approximate surface area is 208 Å². The summed E-state index contributed by atoms with van der Waals surface area (Å²) >= 11 is 6.15. The van der Waals surface area contributed by atoms with Crippen molar-refractivity contribution >= 4 is 33.2 Å². The molecule has 0 aromatic heterocycles. The van der Waals surface area contributed by atoms with Crippen LogP contribution in [0.1, 0.15) is 43.7 Å². The fraction of sp³-hybridized carbons (Fsp3) is 0.480. The maximum Gasteiger partial charge on any atom is 0.244 e. The third-order valence-electron chi connectivity index (χ3n) is 6.12. The number of anilines is 1. The molecule has 3 rings (SSSR count). The van der Waals surface area contributed by atoms with Crippen molar-refractivity contribution in [3.05, 3.63) is 58.6 Å². The van der Waals surface area contributed by atoms with Gasteiger partial charge in [0.25, 0.3) is 0 Å². The Balaban J connectivity index is 1.81. The van der Waals surface area contributed by atoms with Crippen molar-refractivity contribution < 1.29 is 17.9 Å². The van der Waals surface area contributed by atoms with Gasteiger partial charge in [0.2, 0.25) is 15.9 Å². The van der Waals surface area contributed by atoms with Crippen molar-refractivity contribution in [2.24, 2.45) is 0 Å². The number of likely N-dealkylation sites (tertiary alicyclic amines) is 1. The summed E-state index contributed by atoms with van der Waals surface area (Å²) in [6.45, 7) is 5.12. The highest BCUT2D eigenvalue weighted by Crippen LogP contribution is 2.35. The Kier molecular flexibility index (Phi) is 9.22. The second kappa shape index (κ2) is 11.9. The van der Waals surface area contributed by atoms with Crippen molar-refractivity contribution in [1.29, 1.82) is 0 Å². The Bertz CT molecular complexity index is 1090. The normalized spacial score (nSPS) is 15.5. The Morgan fingerprint density at radius 3 is 2.44 bits per heavy atom. The SMILES string of the molecule is CC[C@@H](C(=O)NCc1ccccc1CN1CCCCC1)N(c1cc(Cl)ccc1OC)S(C)(=O)=O. The zero-order valence-corrected chi connectivity index (χ0v) is 21.7. The number of ether oxygens (including phenoxy) is 1. The molecule has 0 saturated carbocycles. The van der Waals surface area contributed by atoms with E-state index >= 15 is 0 Å². The molecule has 34 heavy (non-hydrogen) atoms. The molecule has 1 aliphatic rings. The minimum absolute atomic E-state index is 0.241. The average Bonchev–Trinajstić information content (AvgIpc) is 2.81. The molecule has 186 valence electrons. The number of hydrogen-bond acceptors (Lipinski definition) is 5. The lowest BCUT2D eigenvalue weighted by molar-refractivity contribution is -0.122. The number of carbonyl (C=O) groups is 1. The molecule has 2 aromatic rings. The summed E-state index contributed by atoms with van der Waals surface area (Å²) in [7, 11) is -2.35. The molecular formula is C25H34ClN3O4S. The van der Waals surface area contributed by atoms with Crippen LogP contribution < -0.4 is 14.4 Å². The van der Waals surface area contributed by atoms with Gasteiger partial charge in [-0.2, -0.15) is 0 Å². The van der Waals surface area contributed by atoms with E-state index in [1.165, 1.54) is 38.0 Å². The lowest BCUT2D eigenvalue weighted by Crippen LogP contribution is -2.49. The highest BCUT2D eigenvalue weighted by Gasteiger charge is 2.33. The molecule has 0 unspecified atom stereocenters. The van der Waals surface area contributed by atoms with Crippen LogP contribution in [-0.4, -0.2) is 51.7 Å². The zero-order chi connectivity index (χ0) is 24.7. The summed E-state index contributed by atoms with van der Waals surface area (Å²) in [6, 6.07) is 11.8. The van der Waals surface area contributed by atoms with Crippen LogP contribution in [0.2, 0.25) is 5.02 Å². The van der Waals surface area contributed by atoms with Crippen LogP contribution in [0.4, 0.5) is 5.69 Å². The van der Waals surface area contributed by atoms with E-state index in [0.717, 1.165) is 35.8 Å². The first-order chi connectivity index (χ1) is 16.2. The number of nitrogens with zero attached hydrogens (tertiary/aromatic N) is 2. The van der Waals surface area contributed by atoms with Crippen LogP contribution in [0, 0.1) is 0 Å². The van der Waals surface area contributed by atoms with E-state index in [0.29, 0.717) is 17.3 Å². The Morgan fingerprint density at radius 1 is 1.15 bits per heavy atom. The van der Waals surface area contributed by atoms with Crippen LogP contribution in [0.15, 0.2) is 42.5 Å². The quantitative estimate of drug-likeness (QED) is 0.521. The maximum absolute atomic E-state index is 13.3. The highest BCUT2D eigenvalue weighted by molar-refractivity contribution is 7.92. The van der Waals surface area contributed by atoms with E-state index in [4.69, 9.17) is 16.3 Å². The molecule has 0 aliphatic carbocycles. The van der Waals surface area contributed by atoms with Gasteiger partial charge in [-0.05, 0) is 61.7 Å². The van der Waals surface area contributed by atoms with E-state index in [-0.39, 0.29) is 18.0 Å². The van der Waals surface area contributed by atoms with Gasteiger partial charge in [0.15, 0.2) is 0 Å². The molecule has 1 saturated heterocycles. The van der Waals surface area contributed by atoms with Crippen LogP contribution in [-0.2, 0) is 27.9 Å². The topological polar surface area (TPSA) is 79.0 Å². The molecule has 1 fully saturated rings. The minimum atomic E-state index is -3.81. The molecule has 0 spiro atoms. The molecule has 9 heteroatoms. The zero-order valence-electron chi connectivity index (χ0n) is 20.1. The number of methoxy groups -OCH3 is 1. The average molecular weight is 508 g/mol. The van der Waals surface area contributed by atoms with Gasteiger partial charge in [0, 0.05) is 18.1 Å². The van der Waals surface area contributed by atoms with Crippen molar-refractivity contribution in [2.45, 2.75) is 51.7 Å². The van der Waals surface area contributed by atoms with Crippen LogP contribution in [0.3, 0.4) is 0 Å². The van der Waals surface area contributed by atoms with Gasteiger partial charge in [-0.3, -0.25) is 14.0 Å². The van der Waals surface area contributed by atoms with Gasteiger partial charge in [-0.15, -0.1) is 0 Å². The monoisotopic (exact) mass is 507 g/mol. The largest absolute Gasteiger partial charge is 0.495 e. The fourth-order valence-corrected chi connectivity index (χ4v) is 5.79. The first-order valence-electron chi connectivity index (χ1n) is 11.6. The summed E-state index contributed by atoms with van der Waals surface area (Å²) < 4.78 is 32.1. The number of rotatable bonds is 10. The first-order valence-corrected chi connectivity index (χ1v) is 13.9. The minimum Gasteiger partial charge on any atom is -0.495 e. The lowest BCUT2D eigenvalue weighted by atomic mass is 10.0. The Morgan fingerprint density at radius 2 is 1.82 bits per heavy atom. The maximum atomic E-state index is 13.3. The van der Waals surface area contributed by atoms with Gasteiger partial charge in [0.05, 0.1) is 19.1 Å². The smallest absolute Gasteiger partial charge is 0.244 e. The molecule has 1 aliphatic heterocycles. The van der Waals surface area contributed by atoms with Crippen molar-refractivity contribution in [3.8, 4) is 5.75 Å². The van der Waals surface area contributed by atoms with E-state index in [2.05, 4.69) is 16.3 Å². The predicted molar refractivity (Wildman–Crippen MR) is 137 cm³/mol. The highest BCUT2D eigenvalue weighted by atomic mass is 35.5. The van der Waals surface area contributed by atoms with Crippen LogP contribution in [0.5, 0.6) is 5.75 Å². The van der Waals surface area contributed by atoms with E-state index in [1.54, 1.807) is 19.1 Å². The molecule has 1 atom stereocenters. The van der Waals surface area contributed by atoms with Crippen LogP contribution in [0.25, 0.3) is 0 Å². The van der Waals surface area contributed by atoms with Gasteiger partial charge in [0.1, 0.15) is 11.8 Å². The van der Waals surface area contributed by atoms with Crippen molar-refractivity contribution in [2.75, 3.05) is 30.8 Å². The summed E-state index contributed by atoms with van der Waals surface area (Å²) in [4.78, 5) is 15.7. The lowest BCUT2D eigenvalue weighted by Gasteiger charge is -2.31. The summed E-state index contributed by atoms with van der Waals surface area (Å²) in [5.74, 6) is -0.0457. The molecule has 0 radical (unpaired) electrons. The molecule has 1 amide bonds. The van der Waals surface area contributed by atoms with E-state index < -0.39 is 16.1 Å². The third-order valence-corrected chi connectivity index (χ3v) is 7.52. The van der Waals surface area contributed by atoms with E-state index in [1.807, 2.05) is 18.2 Å². The molecular weight excluding hydrogens is 474 g/mol. The number of hydrogen-bond donors (Lipinski definition) is 1. The number of piperidine rings is 1. The van der Waals surface area contributed by atoms with Gasteiger partial charge >= 0.3 is 0 Å². The second-order valence-corrected chi connectivity index (χ2v) is 10.9. The molecule has 1 heterocycles. The van der Waals surface area contributed by atoms with Crippen molar-refractivity contribution in [1.82, 2.24) is 10.2 Å². The van der Waals surface area contributed by atoms with Gasteiger partial charge in [-0.1, -0.05) is 49.2 Å². The van der Waals surface area contributed by atoms with Crippen molar-refractivity contribution in [3.63, 3.8) is 0 Å². The number of carbonyl (C=O) groups excluding carboxylic acids is 1. The molecule has 1 N–H and O–H groups in total. The number of nitrogens with one attached hydrogen (secondary N) is 1. The van der Waals surface area contributed by atoms with Gasteiger partial charge in [-0.25, -0.2) is 8.42 Å². The summed E-state index contributed by atoms with van der Waals surface area (Å²) in [6.07, 6.45) is 5.07. The Hall–Kier alpha value is -2.29. The number of amides is 1. The van der Waals surface area contributed by atoms with E-state index in [9.17, 15) is 13.2 Å². The number of halogens is 1. The summed E-state index contributed by atoms with van der Waals surface area (Å²) in [5, 5.41) is 3.32. The standard InChI is InChI=1S/C25H34ClN3O4S/c1-4-22(29(34(3,31)32)23-16-21(26)12-13-24(23)33-2)25(30)27-17-19-10-6-7-11-20(19)18-28-14-8-5-9-15-28/h6-7,10-13,16,22H,4-5,8-9,14-15,17-18H2,1-3H3,(H,27,30)/t22-/m0/s1. The third kappa shape index (κ3) is 6.64. The molecule has 7 nitrogen and oxygen atoms in total. The van der Waals surface area contributed by atoms with Crippen LogP contribution >= 0.6 is 11.6 Å². The number of sulfonamides is 1.